The molecule has 6 nitrogen and oxygen atoms in total. The summed E-state index contributed by atoms with van der Waals surface area (Å²) in [6.45, 7) is 7.35. The highest BCUT2D eigenvalue weighted by molar-refractivity contribution is 5.84. The molecule has 0 saturated carbocycles. The summed E-state index contributed by atoms with van der Waals surface area (Å²) in [6.07, 6.45) is -2.13. The molecule has 2 aromatic rings. The van der Waals surface area contributed by atoms with Gasteiger partial charge in [-0.1, -0.05) is 13.8 Å². The van der Waals surface area contributed by atoms with Crippen molar-refractivity contribution in [2.45, 2.75) is 57.9 Å². The SMILES string of the molecule is CC(C)c1c2n(c3ncc(C(F)(F)F)cc13)CCN(C(=O)CCOCC1CCN1)C2. The Morgan fingerprint density at radius 2 is 2.13 bits per heavy atom. The highest BCUT2D eigenvalue weighted by Gasteiger charge is 2.34. The van der Waals surface area contributed by atoms with E-state index in [1.165, 1.54) is 6.07 Å². The molecule has 0 aliphatic carbocycles. The maximum Gasteiger partial charge on any atom is 0.417 e. The predicted molar refractivity (Wildman–Crippen MR) is 106 cm³/mol. The van der Waals surface area contributed by atoms with Crippen LogP contribution in [0.1, 0.15) is 49.4 Å². The van der Waals surface area contributed by atoms with Gasteiger partial charge in [0.25, 0.3) is 0 Å². The molecule has 0 spiro atoms. The van der Waals surface area contributed by atoms with Crippen LogP contribution in [0.5, 0.6) is 0 Å². The van der Waals surface area contributed by atoms with Gasteiger partial charge in [-0.15, -0.1) is 0 Å². The largest absolute Gasteiger partial charge is 0.417 e. The monoisotopic (exact) mass is 424 g/mol. The van der Waals surface area contributed by atoms with Crippen LogP contribution in [0.3, 0.4) is 0 Å². The van der Waals surface area contributed by atoms with Gasteiger partial charge in [-0.05, 0) is 30.5 Å². The number of nitrogens with one attached hydrogen (secondary N) is 1. The Hall–Kier alpha value is -2.13. The lowest BCUT2D eigenvalue weighted by Crippen LogP contribution is -2.46. The average molecular weight is 424 g/mol. The first-order valence-electron chi connectivity index (χ1n) is 10.4. The van der Waals surface area contributed by atoms with Crippen molar-refractivity contribution in [3.05, 3.63) is 29.1 Å². The summed E-state index contributed by atoms with van der Waals surface area (Å²) in [6, 6.07) is 1.59. The number of hydrogen-bond acceptors (Lipinski definition) is 4. The van der Waals surface area contributed by atoms with Gasteiger partial charge in [0.2, 0.25) is 5.91 Å². The molecule has 4 heterocycles. The molecule has 1 N–H and O–H groups in total. The van der Waals surface area contributed by atoms with Crippen molar-refractivity contribution in [3.63, 3.8) is 0 Å². The fraction of sp³-hybridized carbons (Fsp3) is 0.619. The van der Waals surface area contributed by atoms with Crippen molar-refractivity contribution in [2.24, 2.45) is 0 Å². The Kier molecular flexibility index (Phi) is 5.76. The number of nitrogens with zero attached hydrogens (tertiary/aromatic N) is 3. The highest BCUT2D eigenvalue weighted by Crippen LogP contribution is 2.37. The second kappa shape index (κ2) is 8.19. The minimum absolute atomic E-state index is 0.00622. The van der Waals surface area contributed by atoms with Crippen molar-refractivity contribution in [1.29, 1.82) is 0 Å². The van der Waals surface area contributed by atoms with Crippen LogP contribution in [0.2, 0.25) is 0 Å². The molecule has 1 saturated heterocycles. The van der Waals surface area contributed by atoms with Gasteiger partial charge in [0.1, 0.15) is 5.65 Å². The Bertz CT molecular complexity index is 934. The number of alkyl halides is 3. The fourth-order valence-electron chi connectivity index (χ4n) is 4.24. The minimum atomic E-state index is -4.44. The summed E-state index contributed by atoms with van der Waals surface area (Å²) >= 11 is 0. The summed E-state index contributed by atoms with van der Waals surface area (Å²) in [5.74, 6) is 0.0223. The smallest absolute Gasteiger partial charge is 0.379 e. The van der Waals surface area contributed by atoms with E-state index in [-0.39, 0.29) is 11.8 Å². The number of fused-ring (bicyclic) bond motifs is 3. The molecule has 2 aromatic heterocycles. The van der Waals surface area contributed by atoms with E-state index in [1.54, 1.807) is 4.90 Å². The standard InChI is InChI=1S/C21H27F3N4O2/c1-13(2)19-16-9-14(21(22,23)24)10-26-20(16)28-7-6-27(11-17(19)28)18(29)4-8-30-12-15-3-5-25-15/h9-10,13,15,25H,3-8,11-12H2,1-2H3. The molecule has 9 heteroatoms. The molecule has 0 bridgehead atoms. The first-order chi connectivity index (χ1) is 14.3. The zero-order valence-corrected chi connectivity index (χ0v) is 17.3. The van der Waals surface area contributed by atoms with Crippen molar-refractivity contribution in [2.75, 3.05) is 26.3 Å². The van der Waals surface area contributed by atoms with E-state index >= 15 is 0 Å². The highest BCUT2D eigenvalue weighted by atomic mass is 19.4. The quantitative estimate of drug-likeness (QED) is 0.723. The normalized spacial score (nSPS) is 19.3. The van der Waals surface area contributed by atoms with Gasteiger partial charge in [-0.3, -0.25) is 4.79 Å². The molecule has 0 aromatic carbocycles. The molecule has 1 fully saturated rings. The summed E-state index contributed by atoms with van der Waals surface area (Å²) in [4.78, 5) is 18.6. The molecule has 2 aliphatic heterocycles. The van der Waals surface area contributed by atoms with E-state index < -0.39 is 11.7 Å². The van der Waals surface area contributed by atoms with Gasteiger partial charge in [0.05, 0.1) is 31.7 Å². The zero-order chi connectivity index (χ0) is 21.5. The second-order valence-electron chi connectivity index (χ2n) is 8.34. The van der Waals surface area contributed by atoms with Crippen molar-refractivity contribution < 1.29 is 22.7 Å². The molecule has 0 radical (unpaired) electrons. The van der Waals surface area contributed by atoms with E-state index in [0.29, 0.717) is 56.3 Å². The summed E-state index contributed by atoms with van der Waals surface area (Å²) in [5.41, 5.74) is 1.54. The number of carbonyl (C=O) groups is 1. The van der Waals surface area contributed by atoms with Crippen LogP contribution in [0.15, 0.2) is 12.3 Å². The number of ether oxygens (including phenoxy) is 1. The van der Waals surface area contributed by atoms with Gasteiger partial charge in [-0.2, -0.15) is 13.2 Å². The number of halogens is 3. The van der Waals surface area contributed by atoms with Crippen LogP contribution in [-0.2, 0) is 28.8 Å². The summed E-state index contributed by atoms with van der Waals surface area (Å²) < 4.78 is 47.2. The number of carbonyl (C=O) groups excluding carboxylic acids is 1. The topological polar surface area (TPSA) is 59.4 Å². The number of rotatable bonds is 6. The van der Waals surface area contributed by atoms with E-state index in [9.17, 15) is 18.0 Å². The Morgan fingerprint density at radius 1 is 1.37 bits per heavy atom. The van der Waals surface area contributed by atoms with Gasteiger partial charge in [0.15, 0.2) is 0 Å². The number of amides is 1. The molecule has 4 rings (SSSR count). The Morgan fingerprint density at radius 3 is 2.77 bits per heavy atom. The predicted octanol–water partition coefficient (Wildman–Crippen LogP) is 3.29. The maximum atomic E-state index is 13.2. The molecular formula is C21H27F3N4O2. The molecule has 1 amide bonds. The number of pyridine rings is 1. The first-order valence-corrected chi connectivity index (χ1v) is 10.4. The zero-order valence-electron chi connectivity index (χ0n) is 17.3. The Balaban J connectivity index is 1.52. The van der Waals surface area contributed by atoms with Crippen LogP contribution >= 0.6 is 0 Å². The van der Waals surface area contributed by atoms with Crippen molar-refractivity contribution in [1.82, 2.24) is 19.8 Å². The Labute approximate surface area is 173 Å². The summed E-state index contributed by atoms with van der Waals surface area (Å²) in [7, 11) is 0. The van der Waals surface area contributed by atoms with Crippen LogP contribution in [-0.4, -0.2) is 52.7 Å². The molecule has 164 valence electrons. The second-order valence-corrected chi connectivity index (χ2v) is 8.34. The van der Waals surface area contributed by atoms with Crippen LogP contribution in [0.4, 0.5) is 13.2 Å². The average Bonchev–Trinajstić information content (AvgIpc) is 2.98. The van der Waals surface area contributed by atoms with Crippen molar-refractivity contribution >= 4 is 16.9 Å². The lowest BCUT2D eigenvalue weighted by molar-refractivity contribution is -0.137. The lowest BCUT2D eigenvalue weighted by atomic mass is 9.98. The van der Waals surface area contributed by atoms with Crippen LogP contribution in [0, 0.1) is 0 Å². The van der Waals surface area contributed by atoms with E-state index in [2.05, 4.69) is 10.3 Å². The maximum absolute atomic E-state index is 13.2. The van der Waals surface area contributed by atoms with E-state index in [0.717, 1.165) is 30.4 Å². The molecule has 30 heavy (non-hydrogen) atoms. The summed E-state index contributed by atoms with van der Waals surface area (Å²) in [5, 5.41) is 3.78. The van der Waals surface area contributed by atoms with Crippen LogP contribution < -0.4 is 5.32 Å². The number of hydrogen-bond donors (Lipinski definition) is 1. The van der Waals surface area contributed by atoms with Gasteiger partial charge in [0, 0.05) is 36.4 Å². The van der Waals surface area contributed by atoms with Crippen molar-refractivity contribution in [3.8, 4) is 0 Å². The van der Waals surface area contributed by atoms with E-state index in [1.807, 2.05) is 18.4 Å². The minimum Gasteiger partial charge on any atom is -0.379 e. The lowest BCUT2D eigenvalue weighted by Gasteiger charge is -2.30. The third-order valence-electron chi connectivity index (χ3n) is 5.95. The van der Waals surface area contributed by atoms with Gasteiger partial charge >= 0.3 is 6.18 Å². The van der Waals surface area contributed by atoms with E-state index in [4.69, 9.17) is 4.74 Å². The number of aromatic nitrogens is 2. The third-order valence-corrected chi connectivity index (χ3v) is 5.95. The molecule has 1 atom stereocenters. The van der Waals surface area contributed by atoms with Gasteiger partial charge < -0.3 is 19.5 Å². The first kappa shape index (κ1) is 21.1. The molecule has 1 unspecified atom stereocenters. The van der Waals surface area contributed by atoms with Crippen LogP contribution in [0.25, 0.3) is 11.0 Å². The molecular weight excluding hydrogens is 397 g/mol. The third kappa shape index (κ3) is 4.05. The van der Waals surface area contributed by atoms with Gasteiger partial charge in [-0.25, -0.2) is 4.98 Å². The fourth-order valence-corrected chi connectivity index (χ4v) is 4.24. The molecule has 2 aliphatic rings.